The van der Waals surface area contributed by atoms with Crippen molar-refractivity contribution in [2.45, 2.75) is 51.7 Å². The van der Waals surface area contributed by atoms with E-state index in [1.807, 2.05) is 38.1 Å². The van der Waals surface area contributed by atoms with Gasteiger partial charge in [-0.1, -0.05) is 12.8 Å². The van der Waals surface area contributed by atoms with Crippen molar-refractivity contribution in [1.82, 2.24) is 5.32 Å². The maximum absolute atomic E-state index is 12.2. The Kier molecular flexibility index (Phi) is 5.41. The number of carbonyl (C=O) groups excluding carboxylic acids is 1. The Bertz CT molecular complexity index is 421. The molecule has 0 spiro atoms. The maximum Gasteiger partial charge on any atom is 0.241 e. The van der Waals surface area contributed by atoms with Crippen molar-refractivity contribution in [3.63, 3.8) is 0 Å². The normalized spacial score (nSPS) is 19.4. The average molecular weight is 276 g/mol. The molecule has 20 heavy (non-hydrogen) atoms. The fraction of sp³-hybridized carbons (Fsp3) is 0.562. The molecule has 1 heterocycles. The number of carbonyl (C=O) groups is 1. The molecule has 4 heteroatoms. The van der Waals surface area contributed by atoms with Crippen LogP contribution in [0.5, 0.6) is 5.75 Å². The molecule has 0 saturated carbocycles. The molecule has 0 aliphatic carbocycles. The summed E-state index contributed by atoms with van der Waals surface area (Å²) >= 11 is 0. The Hall–Kier alpha value is -1.55. The van der Waals surface area contributed by atoms with Crippen LogP contribution in [0.3, 0.4) is 0 Å². The van der Waals surface area contributed by atoms with E-state index in [0.29, 0.717) is 0 Å². The van der Waals surface area contributed by atoms with Gasteiger partial charge in [-0.25, -0.2) is 0 Å². The fourth-order valence-electron chi connectivity index (χ4n) is 2.37. The van der Waals surface area contributed by atoms with Crippen molar-refractivity contribution in [3.8, 4) is 5.75 Å². The molecule has 1 aromatic rings. The van der Waals surface area contributed by atoms with Crippen LogP contribution in [0.2, 0.25) is 0 Å². The van der Waals surface area contributed by atoms with E-state index in [0.717, 1.165) is 37.2 Å². The van der Waals surface area contributed by atoms with Gasteiger partial charge in [0.05, 0.1) is 12.1 Å². The Balaban J connectivity index is 1.90. The number of rotatable bonds is 4. The molecule has 110 valence electrons. The van der Waals surface area contributed by atoms with Gasteiger partial charge in [0.2, 0.25) is 5.91 Å². The number of hydrogen-bond donors (Lipinski definition) is 2. The van der Waals surface area contributed by atoms with Gasteiger partial charge in [-0.15, -0.1) is 0 Å². The first kappa shape index (κ1) is 14.9. The highest BCUT2D eigenvalue weighted by molar-refractivity contribution is 5.94. The quantitative estimate of drug-likeness (QED) is 0.889. The first-order chi connectivity index (χ1) is 9.65. The maximum atomic E-state index is 12.2. The number of ether oxygens (including phenoxy) is 1. The van der Waals surface area contributed by atoms with E-state index in [9.17, 15) is 4.79 Å². The van der Waals surface area contributed by atoms with Gasteiger partial charge in [-0.05, 0) is 57.5 Å². The van der Waals surface area contributed by atoms with Crippen LogP contribution in [0.25, 0.3) is 0 Å². The molecule has 4 nitrogen and oxygen atoms in total. The molecule has 0 radical (unpaired) electrons. The summed E-state index contributed by atoms with van der Waals surface area (Å²) in [6.07, 6.45) is 4.56. The van der Waals surface area contributed by atoms with Crippen molar-refractivity contribution in [2.24, 2.45) is 0 Å². The number of benzene rings is 1. The molecule has 1 saturated heterocycles. The molecule has 1 atom stereocenters. The highest BCUT2D eigenvalue weighted by atomic mass is 16.5. The minimum Gasteiger partial charge on any atom is -0.491 e. The van der Waals surface area contributed by atoms with Gasteiger partial charge in [-0.2, -0.15) is 0 Å². The highest BCUT2D eigenvalue weighted by Crippen LogP contribution is 2.18. The van der Waals surface area contributed by atoms with Gasteiger partial charge in [0.15, 0.2) is 0 Å². The molecular formula is C16H24N2O2. The van der Waals surface area contributed by atoms with E-state index < -0.39 is 0 Å². The SMILES string of the molecule is CC(C)Oc1ccc(NC(=O)C2CCCCCN2)cc1. The third-order valence-corrected chi connectivity index (χ3v) is 3.37. The molecule has 1 amide bonds. The standard InChI is InChI=1S/C16H24N2O2/c1-12(2)20-14-9-7-13(8-10-14)18-16(19)15-6-4-3-5-11-17-15/h7-10,12,15,17H,3-6,11H2,1-2H3,(H,18,19). The van der Waals surface area contributed by atoms with Gasteiger partial charge < -0.3 is 15.4 Å². The van der Waals surface area contributed by atoms with Gasteiger partial charge in [0, 0.05) is 5.69 Å². The van der Waals surface area contributed by atoms with E-state index in [1.54, 1.807) is 0 Å². The molecule has 0 bridgehead atoms. The van der Waals surface area contributed by atoms with E-state index in [4.69, 9.17) is 4.74 Å². The third kappa shape index (κ3) is 4.53. The van der Waals surface area contributed by atoms with Crippen LogP contribution in [-0.4, -0.2) is 24.6 Å². The minimum atomic E-state index is -0.0657. The monoisotopic (exact) mass is 276 g/mol. The number of amides is 1. The Morgan fingerprint density at radius 1 is 1.25 bits per heavy atom. The Morgan fingerprint density at radius 2 is 2.00 bits per heavy atom. The van der Waals surface area contributed by atoms with Crippen molar-refractivity contribution in [2.75, 3.05) is 11.9 Å². The van der Waals surface area contributed by atoms with Gasteiger partial charge in [0.25, 0.3) is 0 Å². The van der Waals surface area contributed by atoms with Crippen LogP contribution in [0.1, 0.15) is 39.5 Å². The first-order valence-electron chi connectivity index (χ1n) is 7.46. The van der Waals surface area contributed by atoms with Crippen molar-refractivity contribution in [1.29, 1.82) is 0 Å². The zero-order chi connectivity index (χ0) is 14.4. The van der Waals surface area contributed by atoms with Gasteiger partial charge in [0.1, 0.15) is 5.75 Å². The highest BCUT2D eigenvalue weighted by Gasteiger charge is 2.19. The summed E-state index contributed by atoms with van der Waals surface area (Å²) in [6, 6.07) is 7.47. The lowest BCUT2D eigenvalue weighted by Crippen LogP contribution is -2.39. The van der Waals surface area contributed by atoms with E-state index in [2.05, 4.69) is 10.6 Å². The van der Waals surface area contributed by atoms with Crippen LogP contribution in [-0.2, 0) is 4.79 Å². The number of anilines is 1. The molecule has 1 aliphatic heterocycles. The molecule has 2 N–H and O–H groups in total. The molecule has 1 aliphatic rings. The second-order valence-electron chi connectivity index (χ2n) is 5.54. The van der Waals surface area contributed by atoms with Gasteiger partial charge >= 0.3 is 0 Å². The summed E-state index contributed by atoms with van der Waals surface area (Å²) in [5.41, 5.74) is 0.817. The van der Waals surface area contributed by atoms with Gasteiger partial charge in [-0.3, -0.25) is 4.79 Å². The summed E-state index contributed by atoms with van der Waals surface area (Å²) in [5, 5.41) is 6.27. The summed E-state index contributed by atoms with van der Waals surface area (Å²) in [4.78, 5) is 12.2. The summed E-state index contributed by atoms with van der Waals surface area (Å²) in [7, 11) is 0. The average Bonchev–Trinajstić information content (AvgIpc) is 2.69. The van der Waals surface area contributed by atoms with Crippen molar-refractivity contribution < 1.29 is 9.53 Å². The second-order valence-corrected chi connectivity index (χ2v) is 5.54. The van der Waals surface area contributed by atoms with Crippen LogP contribution in [0.15, 0.2) is 24.3 Å². The third-order valence-electron chi connectivity index (χ3n) is 3.37. The van der Waals surface area contributed by atoms with Crippen LogP contribution in [0.4, 0.5) is 5.69 Å². The van der Waals surface area contributed by atoms with Crippen molar-refractivity contribution >= 4 is 11.6 Å². The van der Waals surface area contributed by atoms with Crippen LogP contribution >= 0.6 is 0 Å². The molecule has 1 fully saturated rings. The largest absolute Gasteiger partial charge is 0.491 e. The lowest BCUT2D eigenvalue weighted by Gasteiger charge is -2.16. The predicted octanol–water partition coefficient (Wildman–Crippen LogP) is 2.94. The Morgan fingerprint density at radius 3 is 2.70 bits per heavy atom. The lowest BCUT2D eigenvalue weighted by atomic mass is 10.1. The number of hydrogen-bond acceptors (Lipinski definition) is 3. The molecule has 0 aromatic heterocycles. The minimum absolute atomic E-state index is 0.0597. The zero-order valence-electron chi connectivity index (χ0n) is 12.3. The second kappa shape index (κ2) is 7.29. The Labute approximate surface area is 120 Å². The molecule has 1 aromatic carbocycles. The zero-order valence-corrected chi connectivity index (χ0v) is 12.3. The molecular weight excluding hydrogens is 252 g/mol. The van der Waals surface area contributed by atoms with E-state index in [-0.39, 0.29) is 18.1 Å². The van der Waals surface area contributed by atoms with E-state index >= 15 is 0 Å². The van der Waals surface area contributed by atoms with E-state index in [1.165, 1.54) is 6.42 Å². The smallest absolute Gasteiger partial charge is 0.241 e. The summed E-state index contributed by atoms with van der Waals surface area (Å²) in [5.74, 6) is 0.884. The molecule has 1 unspecified atom stereocenters. The summed E-state index contributed by atoms with van der Waals surface area (Å²) in [6.45, 7) is 4.92. The van der Waals surface area contributed by atoms with Crippen LogP contribution in [0, 0.1) is 0 Å². The summed E-state index contributed by atoms with van der Waals surface area (Å²) < 4.78 is 5.58. The lowest BCUT2D eigenvalue weighted by molar-refractivity contribution is -0.118. The first-order valence-corrected chi connectivity index (χ1v) is 7.46. The fourth-order valence-corrected chi connectivity index (χ4v) is 2.37. The topological polar surface area (TPSA) is 50.4 Å². The van der Waals surface area contributed by atoms with Crippen molar-refractivity contribution in [3.05, 3.63) is 24.3 Å². The molecule has 2 rings (SSSR count). The number of nitrogens with one attached hydrogen (secondary N) is 2. The predicted molar refractivity (Wildman–Crippen MR) is 81.1 cm³/mol. The van der Waals surface area contributed by atoms with Crippen LogP contribution < -0.4 is 15.4 Å².